The fourth-order valence-corrected chi connectivity index (χ4v) is 1.99. The van der Waals surface area contributed by atoms with E-state index in [1.54, 1.807) is 23.1 Å². The van der Waals surface area contributed by atoms with E-state index < -0.39 is 0 Å². The first-order valence-corrected chi connectivity index (χ1v) is 6.85. The summed E-state index contributed by atoms with van der Waals surface area (Å²) >= 11 is 0. The van der Waals surface area contributed by atoms with Crippen LogP contribution in [-0.4, -0.2) is 31.2 Å². The average Bonchev–Trinajstić information content (AvgIpc) is 2.93. The van der Waals surface area contributed by atoms with Crippen molar-refractivity contribution in [2.24, 2.45) is 0 Å². The van der Waals surface area contributed by atoms with Crippen molar-refractivity contribution in [3.05, 3.63) is 36.2 Å². The summed E-state index contributed by atoms with van der Waals surface area (Å²) in [5.74, 6) is 1.39. The van der Waals surface area contributed by atoms with E-state index in [0.29, 0.717) is 30.1 Å². The van der Waals surface area contributed by atoms with Crippen LogP contribution in [0.2, 0.25) is 0 Å². The normalized spacial score (nSPS) is 14.7. The zero-order valence-electron chi connectivity index (χ0n) is 11.3. The molecule has 3 aromatic rings. The van der Waals surface area contributed by atoms with Crippen molar-refractivity contribution in [1.29, 1.82) is 0 Å². The third-order valence-electron chi connectivity index (χ3n) is 3.23. The Kier molecular flexibility index (Phi) is 3.00. The highest BCUT2D eigenvalue weighted by Crippen LogP contribution is 2.19. The zero-order chi connectivity index (χ0) is 14.1. The number of furan rings is 1. The maximum Gasteiger partial charge on any atom is 0.283 e. The SMILES string of the molecule is c1coc(-c2nnc(Cn3cc(CNC4CC4)nn3)o2)c1. The van der Waals surface area contributed by atoms with E-state index in [2.05, 4.69) is 25.8 Å². The minimum absolute atomic E-state index is 0.366. The summed E-state index contributed by atoms with van der Waals surface area (Å²) in [5.41, 5.74) is 0.910. The van der Waals surface area contributed by atoms with Gasteiger partial charge in [0.15, 0.2) is 5.76 Å². The summed E-state index contributed by atoms with van der Waals surface area (Å²) in [6.07, 6.45) is 5.96. The second-order valence-electron chi connectivity index (χ2n) is 5.04. The quantitative estimate of drug-likeness (QED) is 0.728. The molecule has 0 saturated heterocycles. The summed E-state index contributed by atoms with van der Waals surface area (Å²) in [4.78, 5) is 0. The monoisotopic (exact) mass is 286 g/mol. The fraction of sp³-hybridized carbons (Fsp3) is 0.385. The van der Waals surface area contributed by atoms with Gasteiger partial charge in [-0.1, -0.05) is 5.21 Å². The summed E-state index contributed by atoms with van der Waals surface area (Å²) in [6, 6.07) is 4.20. The van der Waals surface area contributed by atoms with Crippen LogP contribution in [0.15, 0.2) is 33.4 Å². The summed E-state index contributed by atoms with van der Waals surface area (Å²) in [6.45, 7) is 1.14. The van der Waals surface area contributed by atoms with Crippen LogP contribution in [0.25, 0.3) is 11.7 Å². The van der Waals surface area contributed by atoms with Crippen LogP contribution in [0.4, 0.5) is 0 Å². The fourth-order valence-electron chi connectivity index (χ4n) is 1.99. The molecular weight excluding hydrogens is 272 g/mol. The lowest BCUT2D eigenvalue weighted by Gasteiger charge is -1.96. The average molecular weight is 286 g/mol. The van der Waals surface area contributed by atoms with E-state index >= 15 is 0 Å². The Morgan fingerprint density at radius 2 is 2.24 bits per heavy atom. The van der Waals surface area contributed by atoms with Gasteiger partial charge in [-0.3, -0.25) is 0 Å². The first-order chi connectivity index (χ1) is 10.4. The molecule has 1 fully saturated rings. The highest BCUT2D eigenvalue weighted by Gasteiger charge is 2.20. The van der Waals surface area contributed by atoms with Crippen LogP contribution in [0.3, 0.4) is 0 Å². The zero-order valence-corrected chi connectivity index (χ0v) is 11.3. The van der Waals surface area contributed by atoms with Gasteiger partial charge in [-0.2, -0.15) is 0 Å². The Hall–Kier alpha value is -2.48. The molecule has 0 atom stereocenters. The second-order valence-corrected chi connectivity index (χ2v) is 5.04. The van der Waals surface area contributed by atoms with Crippen molar-refractivity contribution in [3.63, 3.8) is 0 Å². The first kappa shape index (κ1) is 12.3. The molecule has 0 radical (unpaired) electrons. The smallest absolute Gasteiger partial charge is 0.283 e. The molecule has 1 N–H and O–H groups in total. The number of nitrogens with one attached hydrogen (secondary N) is 1. The van der Waals surface area contributed by atoms with Gasteiger partial charge in [0.05, 0.1) is 18.2 Å². The van der Waals surface area contributed by atoms with E-state index in [4.69, 9.17) is 8.83 Å². The molecule has 0 amide bonds. The molecule has 0 spiro atoms. The van der Waals surface area contributed by atoms with Crippen molar-refractivity contribution >= 4 is 0 Å². The Morgan fingerprint density at radius 3 is 3.05 bits per heavy atom. The van der Waals surface area contributed by atoms with Gasteiger partial charge in [0, 0.05) is 12.6 Å². The lowest BCUT2D eigenvalue weighted by molar-refractivity contribution is 0.454. The molecule has 8 nitrogen and oxygen atoms in total. The first-order valence-electron chi connectivity index (χ1n) is 6.85. The lowest BCUT2D eigenvalue weighted by Crippen LogP contribution is -2.15. The van der Waals surface area contributed by atoms with Gasteiger partial charge in [-0.25, -0.2) is 4.68 Å². The molecule has 1 saturated carbocycles. The molecule has 0 unspecified atom stereocenters. The van der Waals surface area contributed by atoms with Crippen LogP contribution in [-0.2, 0) is 13.1 Å². The van der Waals surface area contributed by atoms with Crippen molar-refractivity contribution < 1.29 is 8.83 Å². The van der Waals surface area contributed by atoms with E-state index in [9.17, 15) is 0 Å². The lowest BCUT2D eigenvalue weighted by atomic mass is 10.4. The number of rotatable bonds is 6. The Morgan fingerprint density at radius 1 is 1.29 bits per heavy atom. The molecule has 3 aromatic heterocycles. The van der Waals surface area contributed by atoms with Crippen LogP contribution in [0.1, 0.15) is 24.4 Å². The minimum atomic E-state index is 0.366. The van der Waals surface area contributed by atoms with E-state index in [1.807, 2.05) is 6.20 Å². The molecule has 1 aliphatic carbocycles. The highest BCUT2D eigenvalue weighted by atomic mass is 16.4. The Bertz CT molecular complexity index is 713. The molecule has 0 aromatic carbocycles. The van der Waals surface area contributed by atoms with E-state index in [0.717, 1.165) is 12.2 Å². The van der Waals surface area contributed by atoms with Crippen molar-refractivity contribution in [2.45, 2.75) is 32.0 Å². The molecular formula is C13H14N6O2. The number of hydrogen-bond acceptors (Lipinski definition) is 7. The van der Waals surface area contributed by atoms with Gasteiger partial charge in [0.25, 0.3) is 5.89 Å². The van der Waals surface area contributed by atoms with Crippen LogP contribution >= 0.6 is 0 Å². The maximum absolute atomic E-state index is 5.53. The van der Waals surface area contributed by atoms with Crippen LogP contribution in [0.5, 0.6) is 0 Å². The highest BCUT2D eigenvalue weighted by molar-refractivity contribution is 5.42. The van der Waals surface area contributed by atoms with Gasteiger partial charge in [-0.15, -0.1) is 15.3 Å². The van der Waals surface area contributed by atoms with E-state index in [-0.39, 0.29) is 0 Å². The number of aromatic nitrogens is 5. The van der Waals surface area contributed by atoms with Crippen LogP contribution < -0.4 is 5.32 Å². The van der Waals surface area contributed by atoms with E-state index in [1.165, 1.54) is 12.8 Å². The third kappa shape index (κ3) is 2.84. The van der Waals surface area contributed by atoms with Gasteiger partial charge in [0.2, 0.25) is 5.89 Å². The third-order valence-corrected chi connectivity index (χ3v) is 3.23. The number of hydrogen-bond donors (Lipinski definition) is 1. The van der Waals surface area contributed by atoms with Gasteiger partial charge in [-0.05, 0) is 25.0 Å². The van der Waals surface area contributed by atoms with Gasteiger partial charge in [0.1, 0.15) is 6.54 Å². The van der Waals surface area contributed by atoms with Crippen molar-refractivity contribution in [1.82, 2.24) is 30.5 Å². The molecule has 108 valence electrons. The predicted molar refractivity (Wildman–Crippen MR) is 71.0 cm³/mol. The summed E-state index contributed by atoms with van der Waals surface area (Å²) < 4.78 is 12.4. The predicted octanol–water partition coefficient (Wildman–Crippen LogP) is 1.22. The Balaban J connectivity index is 1.41. The molecule has 0 bridgehead atoms. The van der Waals surface area contributed by atoms with Crippen molar-refractivity contribution in [2.75, 3.05) is 0 Å². The van der Waals surface area contributed by atoms with Crippen LogP contribution in [0, 0.1) is 0 Å². The van der Waals surface area contributed by atoms with Gasteiger partial charge >= 0.3 is 0 Å². The number of nitrogens with zero attached hydrogens (tertiary/aromatic N) is 5. The molecule has 4 rings (SSSR count). The molecule has 21 heavy (non-hydrogen) atoms. The second kappa shape index (κ2) is 5.13. The molecule has 3 heterocycles. The van der Waals surface area contributed by atoms with Crippen molar-refractivity contribution in [3.8, 4) is 11.7 Å². The topological polar surface area (TPSA) is 94.8 Å². The molecule has 8 heteroatoms. The summed E-state index contributed by atoms with van der Waals surface area (Å²) in [7, 11) is 0. The Labute approximate surface area is 120 Å². The van der Waals surface area contributed by atoms with Gasteiger partial charge < -0.3 is 14.2 Å². The summed E-state index contributed by atoms with van der Waals surface area (Å²) in [5, 5.41) is 19.5. The molecule has 1 aliphatic rings. The minimum Gasteiger partial charge on any atom is -0.459 e. The maximum atomic E-state index is 5.53. The molecule has 0 aliphatic heterocycles. The largest absolute Gasteiger partial charge is 0.459 e. The standard InChI is InChI=1S/C13H14N6O2/c1-2-11(20-5-1)13-17-16-12(21-13)8-19-7-10(15-18-19)6-14-9-3-4-9/h1-2,5,7,9,14H,3-4,6,8H2.